The Morgan fingerprint density at radius 1 is 1.13 bits per heavy atom. The number of fused-ring (bicyclic) bond motifs is 1. The van der Waals surface area contributed by atoms with Crippen molar-refractivity contribution < 1.29 is 33.4 Å². The van der Waals surface area contributed by atoms with Gasteiger partial charge in [-0.15, -0.1) is 0 Å². The van der Waals surface area contributed by atoms with Crippen LogP contribution in [-0.2, 0) is 9.59 Å². The van der Waals surface area contributed by atoms with E-state index in [0.29, 0.717) is 23.5 Å². The lowest BCUT2D eigenvalue weighted by Crippen LogP contribution is -2.38. The molecule has 0 aromatic heterocycles. The lowest BCUT2D eigenvalue weighted by molar-refractivity contribution is -0.142. The highest BCUT2D eigenvalue weighted by atomic mass is 19.1. The van der Waals surface area contributed by atoms with E-state index in [1.54, 1.807) is 19.1 Å². The fraction of sp³-hybridized carbons (Fsp3) is 0.286. The van der Waals surface area contributed by atoms with Crippen LogP contribution in [0.3, 0.4) is 0 Å². The van der Waals surface area contributed by atoms with Gasteiger partial charge in [0.05, 0.1) is 11.8 Å². The third-order valence-electron chi connectivity index (χ3n) is 4.53. The number of carbonyl (C=O) groups excluding carboxylic acids is 3. The number of nitrogens with one attached hydrogen (secondary N) is 2. The molecule has 9 nitrogen and oxygen atoms in total. The molecule has 1 heterocycles. The fourth-order valence-electron chi connectivity index (χ4n) is 2.77. The lowest BCUT2D eigenvalue weighted by atomic mass is 10.1. The van der Waals surface area contributed by atoms with Crippen LogP contribution < -0.4 is 20.1 Å². The largest absolute Gasteiger partial charge is 0.454 e. The average Bonchev–Trinajstić information content (AvgIpc) is 3.21. The van der Waals surface area contributed by atoms with Crippen LogP contribution in [0.25, 0.3) is 0 Å². The zero-order chi connectivity index (χ0) is 22.5. The Morgan fingerprint density at radius 2 is 1.87 bits per heavy atom. The second kappa shape index (κ2) is 9.43. The molecule has 164 valence electrons. The van der Waals surface area contributed by atoms with Crippen molar-refractivity contribution in [2.45, 2.75) is 19.4 Å². The highest BCUT2D eigenvalue weighted by Gasteiger charge is 2.21. The summed E-state index contributed by atoms with van der Waals surface area (Å²) < 4.78 is 24.6. The van der Waals surface area contributed by atoms with Crippen LogP contribution in [0, 0.1) is 5.82 Å². The van der Waals surface area contributed by atoms with Gasteiger partial charge in [-0.25, -0.2) is 4.39 Å². The van der Waals surface area contributed by atoms with Gasteiger partial charge in [0.1, 0.15) is 5.82 Å². The molecule has 0 spiro atoms. The smallest absolute Gasteiger partial charge is 0.313 e. The first kappa shape index (κ1) is 22.0. The summed E-state index contributed by atoms with van der Waals surface area (Å²) >= 11 is 0. The van der Waals surface area contributed by atoms with Gasteiger partial charge in [0.25, 0.3) is 5.91 Å². The summed E-state index contributed by atoms with van der Waals surface area (Å²) in [5, 5.41) is 14.1. The molecule has 1 atom stereocenters. The number of amides is 3. The number of carbonyl (C=O) groups is 3. The molecule has 1 aliphatic heterocycles. The minimum Gasteiger partial charge on any atom is -0.454 e. The van der Waals surface area contributed by atoms with Gasteiger partial charge in [-0.3, -0.25) is 14.4 Å². The number of aliphatic hydroxyl groups is 1. The number of hydrogen-bond acceptors (Lipinski definition) is 6. The SMILES string of the molecule is CC(O)CCN(C)C(=O)C(=O)Nc1cc(NC(=O)c2ccc3c(c2)OCO3)ccc1F. The van der Waals surface area contributed by atoms with Crippen LogP contribution in [0.2, 0.25) is 0 Å². The van der Waals surface area contributed by atoms with Crippen molar-refractivity contribution in [2.24, 2.45) is 0 Å². The zero-order valence-electron chi connectivity index (χ0n) is 17.0. The van der Waals surface area contributed by atoms with E-state index < -0.39 is 29.6 Å². The number of nitrogens with zero attached hydrogens (tertiary/aromatic N) is 1. The van der Waals surface area contributed by atoms with E-state index in [9.17, 15) is 23.9 Å². The van der Waals surface area contributed by atoms with Crippen LogP contribution in [0.1, 0.15) is 23.7 Å². The lowest BCUT2D eigenvalue weighted by Gasteiger charge is -2.17. The standard InChI is InChI=1S/C21H22FN3O6/c1-12(26)7-8-25(2)21(29)20(28)24-16-10-14(4-5-15(16)22)23-19(27)13-3-6-17-18(9-13)31-11-30-17/h3-6,9-10,12,26H,7-8,11H2,1-2H3,(H,23,27)(H,24,28). The van der Waals surface area contributed by atoms with Gasteiger partial charge in [0.2, 0.25) is 6.79 Å². The molecular formula is C21H22FN3O6. The predicted octanol–water partition coefficient (Wildman–Crippen LogP) is 1.97. The van der Waals surface area contributed by atoms with Crippen molar-refractivity contribution in [1.82, 2.24) is 4.90 Å². The quantitative estimate of drug-likeness (QED) is 0.602. The fourth-order valence-corrected chi connectivity index (χ4v) is 2.77. The molecule has 2 aromatic rings. The van der Waals surface area contributed by atoms with Crippen molar-refractivity contribution >= 4 is 29.1 Å². The highest BCUT2D eigenvalue weighted by molar-refractivity contribution is 6.39. The summed E-state index contributed by atoms with van der Waals surface area (Å²) in [6.45, 7) is 1.81. The Hall–Kier alpha value is -3.66. The Labute approximate surface area is 177 Å². The van der Waals surface area contributed by atoms with Crippen LogP contribution in [-0.4, -0.2) is 54.2 Å². The molecule has 3 rings (SSSR count). The Morgan fingerprint density at radius 3 is 2.61 bits per heavy atom. The summed E-state index contributed by atoms with van der Waals surface area (Å²) in [5.41, 5.74) is 0.258. The number of likely N-dealkylation sites (N-methyl/N-ethyl adjacent to an activating group) is 1. The molecule has 1 aliphatic rings. The molecule has 0 aliphatic carbocycles. The molecule has 31 heavy (non-hydrogen) atoms. The van der Waals surface area contributed by atoms with Crippen molar-refractivity contribution in [1.29, 1.82) is 0 Å². The third-order valence-corrected chi connectivity index (χ3v) is 4.53. The molecule has 0 radical (unpaired) electrons. The van der Waals surface area contributed by atoms with Crippen molar-refractivity contribution in [2.75, 3.05) is 31.0 Å². The molecule has 0 saturated carbocycles. The van der Waals surface area contributed by atoms with Crippen molar-refractivity contribution in [3.8, 4) is 11.5 Å². The summed E-state index contributed by atoms with van der Waals surface area (Å²) in [4.78, 5) is 37.9. The molecule has 2 aromatic carbocycles. The zero-order valence-corrected chi connectivity index (χ0v) is 17.0. The summed E-state index contributed by atoms with van der Waals surface area (Å²) in [6, 6.07) is 8.27. The Kier molecular flexibility index (Phi) is 6.71. The molecule has 0 fully saturated rings. The average molecular weight is 431 g/mol. The molecule has 1 unspecified atom stereocenters. The maximum atomic E-state index is 14.1. The Bertz CT molecular complexity index is 1010. The molecule has 10 heteroatoms. The minimum atomic E-state index is -1.04. The monoisotopic (exact) mass is 431 g/mol. The molecular weight excluding hydrogens is 409 g/mol. The van der Waals surface area contributed by atoms with Gasteiger partial charge < -0.3 is 30.1 Å². The highest BCUT2D eigenvalue weighted by Crippen LogP contribution is 2.32. The topological polar surface area (TPSA) is 117 Å². The first-order valence-corrected chi connectivity index (χ1v) is 9.49. The molecule has 0 bridgehead atoms. The van der Waals surface area contributed by atoms with Crippen molar-refractivity contribution in [3.05, 3.63) is 47.8 Å². The van der Waals surface area contributed by atoms with E-state index in [0.717, 1.165) is 11.0 Å². The van der Waals surface area contributed by atoms with Crippen LogP contribution in [0.15, 0.2) is 36.4 Å². The van der Waals surface area contributed by atoms with Crippen molar-refractivity contribution in [3.63, 3.8) is 0 Å². The first-order chi connectivity index (χ1) is 14.7. The number of hydrogen-bond donors (Lipinski definition) is 3. The van der Waals surface area contributed by atoms with Gasteiger partial charge in [-0.2, -0.15) is 0 Å². The summed E-state index contributed by atoms with van der Waals surface area (Å²) in [7, 11) is 1.41. The third kappa shape index (κ3) is 5.48. The maximum absolute atomic E-state index is 14.1. The van der Waals surface area contributed by atoms with Gasteiger partial charge in [0, 0.05) is 24.8 Å². The van der Waals surface area contributed by atoms with Gasteiger partial charge in [-0.1, -0.05) is 0 Å². The molecule has 3 N–H and O–H groups in total. The van der Waals surface area contributed by atoms with Gasteiger partial charge in [-0.05, 0) is 49.7 Å². The van der Waals surface area contributed by atoms with E-state index in [-0.39, 0.29) is 24.7 Å². The second-order valence-electron chi connectivity index (χ2n) is 7.04. The minimum absolute atomic E-state index is 0.0777. The number of halogens is 1. The number of aliphatic hydroxyl groups excluding tert-OH is 1. The van der Waals surface area contributed by atoms with Gasteiger partial charge >= 0.3 is 11.8 Å². The van der Waals surface area contributed by atoms with E-state index in [1.165, 1.54) is 25.2 Å². The molecule has 0 saturated heterocycles. The number of benzene rings is 2. The normalized spacial score (nSPS) is 12.8. The van der Waals surface area contributed by atoms with Gasteiger partial charge in [0.15, 0.2) is 11.5 Å². The van der Waals surface area contributed by atoms with Crippen LogP contribution in [0.5, 0.6) is 11.5 Å². The number of ether oxygens (including phenoxy) is 2. The second-order valence-corrected chi connectivity index (χ2v) is 7.04. The maximum Gasteiger partial charge on any atom is 0.313 e. The van der Waals surface area contributed by atoms with Crippen LogP contribution >= 0.6 is 0 Å². The van der Waals surface area contributed by atoms with E-state index in [2.05, 4.69) is 10.6 Å². The predicted molar refractivity (Wildman–Crippen MR) is 109 cm³/mol. The summed E-state index contributed by atoms with van der Waals surface area (Å²) in [6.07, 6.45) is -0.327. The van der Waals surface area contributed by atoms with Crippen LogP contribution in [0.4, 0.5) is 15.8 Å². The Balaban J connectivity index is 1.66. The first-order valence-electron chi connectivity index (χ1n) is 9.49. The van der Waals surface area contributed by atoms with E-state index >= 15 is 0 Å². The number of rotatable bonds is 6. The van der Waals surface area contributed by atoms with E-state index in [1.807, 2.05) is 0 Å². The molecule has 3 amide bonds. The number of anilines is 2. The summed E-state index contributed by atoms with van der Waals surface area (Å²) in [5.74, 6) is -2.18. The van der Waals surface area contributed by atoms with E-state index in [4.69, 9.17) is 9.47 Å².